The lowest BCUT2D eigenvalue weighted by molar-refractivity contribution is -0.385. The van der Waals surface area contributed by atoms with Crippen LogP contribution in [0.25, 0.3) is 0 Å². The van der Waals surface area contributed by atoms with Gasteiger partial charge in [-0.1, -0.05) is 11.6 Å². The first kappa shape index (κ1) is 10.7. The van der Waals surface area contributed by atoms with Gasteiger partial charge in [0.15, 0.2) is 0 Å². The van der Waals surface area contributed by atoms with E-state index in [1.165, 1.54) is 0 Å². The number of alkyl halides is 3. The van der Waals surface area contributed by atoms with Gasteiger partial charge in [-0.05, 0) is 6.07 Å². The smallest absolute Gasteiger partial charge is 0.258 e. The van der Waals surface area contributed by atoms with Crippen LogP contribution in [0.15, 0.2) is 12.3 Å². The van der Waals surface area contributed by atoms with Gasteiger partial charge in [0, 0.05) is 0 Å². The van der Waals surface area contributed by atoms with Gasteiger partial charge in [0.05, 0.1) is 4.92 Å². The third-order valence-corrected chi connectivity index (χ3v) is 1.62. The number of rotatable bonds is 1. The van der Waals surface area contributed by atoms with E-state index in [2.05, 4.69) is 4.98 Å². The zero-order valence-electron chi connectivity index (χ0n) is 6.38. The lowest BCUT2D eigenvalue weighted by Crippen LogP contribution is -2.08. The summed E-state index contributed by atoms with van der Waals surface area (Å²) in [7, 11) is 0. The molecule has 1 aromatic heterocycles. The summed E-state index contributed by atoms with van der Waals surface area (Å²) in [5.74, 6) is 0. The zero-order chi connectivity index (χ0) is 10.9. The van der Waals surface area contributed by atoms with E-state index in [0.717, 1.165) is 0 Å². The van der Waals surface area contributed by atoms with E-state index < -0.39 is 27.5 Å². The Kier molecular flexibility index (Phi) is 2.61. The molecule has 0 aliphatic rings. The van der Waals surface area contributed by atoms with E-state index in [0.29, 0.717) is 12.3 Å². The fourth-order valence-electron chi connectivity index (χ4n) is 0.713. The van der Waals surface area contributed by atoms with Gasteiger partial charge in [0.25, 0.3) is 0 Å². The van der Waals surface area contributed by atoms with E-state index in [1.54, 1.807) is 0 Å². The average Bonchev–Trinajstić information content (AvgIpc) is 2.01. The summed E-state index contributed by atoms with van der Waals surface area (Å²) in [6.07, 6.45) is -4.18. The molecule has 0 amide bonds. The van der Waals surface area contributed by atoms with E-state index in [-0.39, 0.29) is 0 Å². The first-order valence-corrected chi connectivity index (χ1v) is 3.57. The Balaban J connectivity index is 3.20. The molecule has 1 aromatic rings. The van der Waals surface area contributed by atoms with Crippen molar-refractivity contribution in [1.29, 1.82) is 0 Å². The highest BCUT2D eigenvalue weighted by molar-refractivity contribution is 6.32. The van der Waals surface area contributed by atoms with Gasteiger partial charge in [-0.15, -0.1) is 0 Å². The summed E-state index contributed by atoms with van der Waals surface area (Å²) >= 11 is 5.25. The summed E-state index contributed by atoms with van der Waals surface area (Å²) in [4.78, 5) is 12.2. The molecule has 14 heavy (non-hydrogen) atoms. The first-order chi connectivity index (χ1) is 6.32. The molecule has 0 spiro atoms. The maximum atomic E-state index is 12.0. The van der Waals surface area contributed by atoms with Crippen molar-refractivity contribution in [2.75, 3.05) is 0 Å². The van der Waals surface area contributed by atoms with Crippen molar-refractivity contribution in [3.8, 4) is 0 Å². The van der Waals surface area contributed by atoms with Crippen molar-refractivity contribution in [3.05, 3.63) is 33.1 Å². The molecule has 8 heteroatoms. The number of hydrogen-bond acceptors (Lipinski definition) is 3. The van der Waals surface area contributed by atoms with Gasteiger partial charge >= 0.3 is 11.9 Å². The third-order valence-electron chi connectivity index (χ3n) is 1.32. The van der Waals surface area contributed by atoms with Crippen molar-refractivity contribution in [3.63, 3.8) is 0 Å². The van der Waals surface area contributed by atoms with Crippen LogP contribution in [0.3, 0.4) is 0 Å². The molecule has 0 N–H and O–H groups in total. The lowest BCUT2D eigenvalue weighted by Gasteiger charge is -2.04. The highest BCUT2D eigenvalue weighted by atomic mass is 35.5. The van der Waals surface area contributed by atoms with Crippen LogP contribution in [0.5, 0.6) is 0 Å². The Bertz CT molecular complexity index is 380. The molecule has 0 aromatic carbocycles. The minimum absolute atomic E-state index is 0.416. The van der Waals surface area contributed by atoms with Crippen LogP contribution in [0, 0.1) is 10.1 Å². The van der Waals surface area contributed by atoms with Gasteiger partial charge in [0.1, 0.15) is 16.9 Å². The minimum Gasteiger partial charge on any atom is -0.258 e. The van der Waals surface area contributed by atoms with Crippen LogP contribution < -0.4 is 0 Å². The molecular formula is C6H2ClF3N2O2. The van der Waals surface area contributed by atoms with Gasteiger partial charge in [0.2, 0.25) is 0 Å². The van der Waals surface area contributed by atoms with Crippen LogP contribution in [0.1, 0.15) is 5.69 Å². The van der Waals surface area contributed by atoms with Gasteiger partial charge in [-0.25, -0.2) is 4.98 Å². The number of aromatic nitrogens is 1. The Morgan fingerprint density at radius 3 is 2.43 bits per heavy atom. The first-order valence-electron chi connectivity index (χ1n) is 3.19. The summed E-state index contributed by atoms with van der Waals surface area (Å²) < 4.78 is 36.0. The van der Waals surface area contributed by atoms with Gasteiger partial charge in [-0.3, -0.25) is 10.1 Å². The largest absolute Gasteiger partial charge is 0.433 e. The molecule has 1 rings (SSSR count). The molecule has 0 saturated heterocycles. The van der Waals surface area contributed by atoms with Crippen molar-refractivity contribution in [2.45, 2.75) is 6.18 Å². The molecule has 0 saturated carbocycles. The van der Waals surface area contributed by atoms with Gasteiger partial charge in [-0.2, -0.15) is 13.2 Å². The molecule has 0 atom stereocenters. The minimum atomic E-state index is -4.65. The number of nitro groups is 1. The number of nitrogens with zero attached hydrogens (tertiary/aromatic N) is 2. The maximum absolute atomic E-state index is 12.0. The maximum Gasteiger partial charge on any atom is 0.433 e. The Hall–Kier alpha value is -1.37. The third kappa shape index (κ3) is 2.11. The lowest BCUT2D eigenvalue weighted by atomic mass is 10.3. The Morgan fingerprint density at radius 2 is 2.07 bits per heavy atom. The van der Waals surface area contributed by atoms with Crippen LogP contribution >= 0.6 is 11.6 Å². The average molecular weight is 227 g/mol. The standard InChI is InChI=1S/C6H2ClF3N2O2/c7-3-1-5(6(8,9)10)11-2-4(3)12(13)14/h1-2H. The monoisotopic (exact) mass is 226 g/mol. The van der Waals surface area contributed by atoms with E-state index in [9.17, 15) is 23.3 Å². The van der Waals surface area contributed by atoms with Crippen LogP contribution in [0.4, 0.5) is 18.9 Å². The van der Waals surface area contributed by atoms with E-state index in [4.69, 9.17) is 11.6 Å². The Labute approximate surface area is 80.5 Å². The summed E-state index contributed by atoms with van der Waals surface area (Å²) in [6.45, 7) is 0. The van der Waals surface area contributed by atoms with Crippen molar-refractivity contribution in [1.82, 2.24) is 4.98 Å². The fourth-order valence-corrected chi connectivity index (χ4v) is 0.934. The number of hydrogen-bond donors (Lipinski definition) is 0. The quantitative estimate of drug-likeness (QED) is 0.546. The second-order valence-electron chi connectivity index (χ2n) is 2.28. The molecule has 0 bridgehead atoms. The predicted octanol–water partition coefficient (Wildman–Crippen LogP) is 2.66. The van der Waals surface area contributed by atoms with Crippen LogP contribution in [-0.4, -0.2) is 9.91 Å². The SMILES string of the molecule is O=[N+]([O-])c1cnc(C(F)(F)F)cc1Cl. The highest BCUT2D eigenvalue weighted by Crippen LogP contribution is 2.32. The molecular weight excluding hydrogens is 225 g/mol. The molecule has 0 fully saturated rings. The summed E-state index contributed by atoms with van der Waals surface area (Å²) in [5.41, 5.74) is -1.91. The second kappa shape index (κ2) is 3.41. The second-order valence-corrected chi connectivity index (χ2v) is 2.68. The molecule has 0 unspecified atom stereocenters. The predicted molar refractivity (Wildman–Crippen MR) is 40.9 cm³/mol. The van der Waals surface area contributed by atoms with Crippen molar-refractivity contribution >= 4 is 17.3 Å². The molecule has 4 nitrogen and oxygen atoms in total. The number of pyridine rings is 1. The molecule has 1 heterocycles. The summed E-state index contributed by atoms with van der Waals surface area (Å²) in [6, 6.07) is 0.416. The highest BCUT2D eigenvalue weighted by Gasteiger charge is 2.33. The Morgan fingerprint density at radius 1 is 1.50 bits per heavy atom. The van der Waals surface area contributed by atoms with Crippen molar-refractivity contribution in [2.24, 2.45) is 0 Å². The summed E-state index contributed by atoms with van der Waals surface area (Å²) in [5, 5.41) is 9.60. The molecule has 0 aliphatic heterocycles. The molecule has 76 valence electrons. The normalized spacial score (nSPS) is 11.4. The van der Waals surface area contributed by atoms with Crippen LogP contribution in [0.2, 0.25) is 5.02 Å². The van der Waals surface area contributed by atoms with Crippen molar-refractivity contribution < 1.29 is 18.1 Å². The van der Waals surface area contributed by atoms with E-state index in [1.807, 2.05) is 0 Å². The topological polar surface area (TPSA) is 56.0 Å². The van der Waals surface area contributed by atoms with Crippen LogP contribution in [-0.2, 0) is 6.18 Å². The van der Waals surface area contributed by atoms with Gasteiger partial charge < -0.3 is 0 Å². The number of halogens is 4. The molecule has 0 radical (unpaired) electrons. The zero-order valence-corrected chi connectivity index (χ0v) is 7.13. The molecule has 0 aliphatic carbocycles. The van der Waals surface area contributed by atoms with E-state index >= 15 is 0 Å². The fraction of sp³-hybridized carbons (Fsp3) is 0.167.